The number of esters is 1. The lowest BCUT2D eigenvalue weighted by molar-refractivity contribution is -0.334. The van der Waals surface area contributed by atoms with Gasteiger partial charge in [0.05, 0.1) is 39.1 Å². The minimum atomic E-state index is -1.75. The lowest BCUT2D eigenvalue weighted by Crippen LogP contribution is -2.63. The molecular formula is C24H33NO9. The third kappa shape index (κ3) is 4.23. The predicted octanol–water partition coefficient (Wildman–Crippen LogP) is -0.359. The molecule has 2 heterocycles. The number of hydrogen-bond donors (Lipinski definition) is 5. The van der Waals surface area contributed by atoms with Crippen LogP contribution in [0.2, 0.25) is 0 Å². The standard InChI is InChI=1S/C24H33NO9/c1-32-22(30)20(14-5-3-2-4-6-14)25-21(29)15-7-8-17-19(9-15)34-24(23(17,31)13-27)10-18(28)16(11-26)12-33-24/h2-6,15-20,26-28,31H,7-13H2,1H3,(H,25,29)/t15-,16+,17-,18-,19+,20-,23-,24-/m0/s1. The molecule has 1 aromatic rings. The summed E-state index contributed by atoms with van der Waals surface area (Å²) in [5.74, 6) is -4.03. The molecule has 0 unspecified atom stereocenters. The number of nitrogens with one attached hydrogen (secondary N) is 1. The predicted molar refractivity (Wildman–Crippen MR) is 117 cm³/mol. The monoisotopic (exact) mass is 479 g/mol. The maximum absolute atomic E-state index is 13.1. The SMILES string of the molecule is COC(=O)[C@@H](NC(=O)[C@H]1CC[C@H]2[C@@H](C1)O[C@@]1(C[C@H](O)[C@H](CO)CO1)[C@]2(O)CO)c1ccccc1. The number of fused-ring (bicyclic) bond motifs is 1. The first kappa shape index (κ1) is 25.0. The van der Waals surface area contributed by atoms with Crippen LogP contribution >= 0.6 is 0 Å². The highest BCUT2D eigenvalue weighted by Gasteiger charge is 2.68. The minimum Gasteiger partial charge on any atom is -0.467 e. The molecule has 4 rings (SSSR count). The second-order valence-electron chi connectivity index (χ2n) is 9.51. The maximum atomic E-state index is 13.1. The third-order valence-corrected chi connectivity index (χ3v) is 7.66. The number of benzene rings is 1. The van der Waals surface area contributed by atoms with Crippen molar-refractivity contribution in [1.82, 2.24) is 5.32 Å². The highest BCUT2D eigenvalue weighted by atomic mass is 16.7. The molecule has 34 heavy (non-hydrogen) atoms. The van der Waals surface area contributed by atoms with Gasteiger partial charge >= 0.3 is 5.97 Å². The number of aliphatic hydroxyl groups excluding tert-OH is 3. The highest BCUT2D eigenvalue weighted by Crippen LogP contribution is 2.54. The molecule has 0 aromatic heterocycles. The molecule has 0 bridgehead atoms. The quantitative estimate of drug-likeness (QED) is 0.344. The summed E-state index contributed by atoms with van der Waals surface area (Å²) in [6, 6.07) is 7.86. The van der Waals surface area contributed by atoms with Gasteiger partial charge < -0.3 is 40.0 Å². The van der Waals surface area contributed by atoms with Gasteiger partial charge in [-0.25, -0.2) is 4.79 Å². The lowest BCUT2D eigenvalue weighted by Gasteiger charge is -2.47. The number of methoxy groups -OCH3 is 1. The van der Waals surface area contributed by atoms with Crippen molar-refractivity contribution < 1.29 is 44.2 Å². The lowest BCUT2D eigenvalue weighted by atomic mass is 9.69. The van der Waals surface area contributed by atoms with Crippen molar-refractivity contribution in [1.29, 1.82) is 0 Å². The molecule has 1 amide bonds. The van der Waals surface area contributed by atoms with Crippen molar-refractivity contribution in [3.8, 4) is 0 Å². The Hall–Kier alpha value is -2.08. The summed E-state index contributed by atoms with van der Waals surface area (Å²) >= 11 is 0. The number of carbonyl (C=O) groups is 2. The molecule has 2 saturated heterocycles. The van der Waals surface area contributed by atoms with Gasteiger partial charge in [0, 0.05) is 24.2 Å². The summed E-state index contributed by atoms with van der Waals surface area (Å²) in [7, 11) is 1.26. The zero-order valence-corrected chi connectivity index (χ0v) is 19.1. The molecule has 1 aromatic carbocycles. The van der Waals surface area contributed by atoms with E-state index in [1.165, 1.54) is 7.11 Å². The fraction of sp³-hybridized carbons (Fsp3) is 0.667. The van der Waals surface area contributed by atoms with Crippen molar-refractivity contribution in [2.75, 3.05) is 26.9 Å². The Morgan fingerprint density at radius 1 is 1.24 bits per heavy atom. The van der Waals surface area contributed by atoms with Gasteiger partial charge in [-0.1, -0.05) is 30.3 Å². The van der Waals surface area contributed by atoms with Crippen LogP contribution in [0.5, 0.6) is 0 Å². The molecule has 2 aliphatic heterocycles. The van der Waals surface area contributed by atoms with Crippen molar-refractivity contribution in [2.24, 2.45) is 17.8 Å². The zero-order valence-electron chi connectivity index (χ0n) is 19.1. The van der Waals surface area contributed by atoms with Crippen molar-refractivity contribution in [3.05, 3.63) is 35.9 Å². The Labute approximate surface area is 197 Å². The Kier molecular flexibility index (Phi) is 7.28. The first-order chi connectivity index (χ1) is 16.3. The highest BCUT2D eigenvalue weighted by molar-refractivity contribution is 5.86. The van der Waals surface area contributed by atoms with Crippen molar-refractivity contribution in [3.63, 3.8) is 0 Å². The van der Waals surface area contributed by atoms with Crippen LogP contribution in [0.1, 0.15) is 37.3 Å². The molecule has 1 aliphatic carbocycles. The van der Waals surface area contributed by atoms with E-state index in [1.54, 1.807) is 24.3 Å². The number of carbonyl (C=O) groups excluding carboxylic acids is 2. The van der Waals surface area contributed by atoms with E-state index in [-0.39, 0.29) is 32.0 Å². The Bertz CT molecular complexity index is 882. The Morgan fingerprint density at radius 3 is 2.59 bits per heavy atom. The molecule has 5 N–H and O–H groups in total. The van der Waals surface area contributed by atoms with E-state index in [1.807, 2.05) is 6.07 Å². The molecule has 1 spiro atoms. The molecule has 3 fully saturated rings. The van der Waals surface area contributed by atoms with E-state index >= 15 is 0 Å². The molecule has 1 saturated carbocycles. The molecule has 8 atom stereocenters. The van der Waals surface area contributed by atoms with Crippen molar-refractivity contribution >= 4 is 11.9 Å². The number of hydrogen-bond acceptors (Lipinski definition) is 9. The molecule has 10 heteroatoms. The summed E-state index contributed by atoms with van der Waals surface area (Å²) < 4.78 is 16.9. The zero-order chi connectivity index (χ0) is 24.5. The third-order valence-electron chi connectivity index (χ3n) is 7.66. The van der Waals surface area contributed by atoms with Gasteiger partial charge in [-0.05, 0) is 24.8 Å². The molecule has 0 radical (unpaired) electrons. The summed E-state index contributed by atoms with van der Waals surface area (Å²) in [6.07, 6.45) is -0.600. The van der Waals surface area contributed by atoms with E-state index in [0.717, 1.165) is 0 Å². The topological polar surface area (TPSA) is 155 Å². The van der Waals surface area contributed by atoms with Crippen LogP contribution in [-0.2, 0) is 23.8 Å². The van der Waals surface area contributed by atoms with E-state index in [4.69, 9.17) is 14.2 Å². The van der Waals surface area contributed by atoms with Crippen LogP contribution in [0, 0.1) is 17.8 Å². The van der Waals surface area contributed by atoms with Crippen LogP contribution < -0.4 is 5.32 Å². The molecule has 3 aliphatic rings. The van der Waals surface area contributed by atoms with Gasteiger partial charge in [0.2, 0.25) is 11.7 Å². The molecule has 10 nitrogen and oxygen atoms in total. The van der Waals surface area contributed by atoms with Gasteiger partial charge in [0.15, 0.2) is 6.04 Å². The van der Waals surface area contributed by atoms with Crippen LogP contribution in [0.4, 0.5) is 0 Å². The van der Waals surface area contributed by atoms with Gasteiger partial charge in [0.25, 0.3) is 0 Å². The summed E-state index contributed by atoms with van der Waals surface area (Å²) in [6.45, 7) is -0.923. The molecular weight excluding hydrogens is 446 g/mol. The van der Waals surface area contributed by atoms with Crippen molar-refractivity contribution in [2.45, 2.75) is 55.3 Å². The number of aliphatic hydroxyl groups is 4. The Balaban J connectivity index is 1.49. The average Bonchev–Trinajstić information content (AvgIpc) is 3.09. The normalized spacial score (nSPS) is 38.2. The first-order valence-corrected chi connectivity index (χ1v) is 11.7. The van der Waals surface area contributed by atoms with Gasteiger partial charge in [-0.2, -0.15) is 0 Å². The smallest absolute Gasteiger partial charge is 0.333 e. The van der Waals surface area contributed by atoms with Crippen LogP contribution in [0.25, 0.3) is 0 Å². The second-order valence-corrected chi connectivity index (χ2v) is 9.51. The number of ether oxygens (including phenoxy) is 3. The largest absolute Gasteiger partial charge is 0.467 e. The second kappa shape index (κ2) is 9.88. The minimum absolute atomic E-state index is 0.0266. The van der Waals surface area contributed by atoms with E-state index in [0.29, 0.717) is 18.4 Å². The molecule has 188 valence electrons. The number of amides is 1. The average molecular weight is 480 g/mol. The van der Waals surface area contributed by atoms with Crippen LogP contribution in [0.3, 0.4) is 0 Å². The van der Waals surface area contributed by atoms with Crippen LogP contribution in [-0.4, -0.2) is 82.8 Å². The van der Waals surface area contributed by atoms with Gasteiger partial charge in [0.1, 0.15) is 5.60 Å². The van der Waals surface area contributed by atoms with E-state index in [9.17, 15) is 30.0 Å². The summed E-state index contributed by atoms with van der Waals surface area (Å²) in [4.78, 5) is 25.5. The van der Waals surface area contributed by atoms with Gasteiger partial charge in [-0.15, -0.1) is 0 Å². The van der Waals surface area contributed by atoms with Crippen LogP contribution in [0.15, 0.2) is 30.3 Å². The maximum Gasteiger partial charge on any atom is 0.333 e. The van der Waals surface area contributed by atoms with E-state index < -0.39 is 60.0 Å². The van der Waals surface area contributed by atoms with E-state index in [2.05, 4.69) is 5.32 Å². The first-order valence-electron chi connectivity index (χ1n) is 11.7. The summed E-state index contributed by atoms with van der Waals surface area (Å²) in [5, 5.41) is 44.2. The fourth-order valence-electron chi connectivity index (χ4n) is 5.62. The summed E-state index contributed by atoms with van der Waals surface area (Å²) in [5.41, 5.74) is -1.15. The fourth-order valence-corrected chi connectivity index (χ4v) is 5.62. The number of rotatable bonds is 6. The van der Waals surface area contributed by atoms with Gasteiger partial charge in [-0.3, -0.25) is 4.79 Å². The Morgan fingerprint density at radius 2 is 1.97 bits per heavy atom.